The van der Waals surface area contributed by atoms with E-state index < -0.39 is 32.3 Å². The van der Waals surface area contributed by atoms with Crippen molar-refractivity contribution < 1.29 is 23.1 Å². The van der Waals surface area contributed by atoms with Crippen LogP contribution in [0.25, 0.3) is 10.8 Å². The van der Waals surface area contributed by atoms with Gasteiger partial charge < -0.3 is 10.4 Å². The normalized spacial score (nSPS) is 17.8. The molecular weight excluding hydrogens is 545 g/mol. The lowest BCUT2D eigenvalue weighted by Crippen LogP contribution is -2.32. The molecular formula is C24H19Cl2N3O5S2. The molecule has 0 aliphatic carbocycles. The zero-order valence-electron chi connectivity index (χ0n) is 18.6. The van der Waals surface area contributed by atoms with E-state index in [2.05, 4.69) is 15.8 Å². The third kappa shape index (κ3) is 5.52. The number of hydrogen-bond acceptors (Lipinski definition) is 7. The number of hydrogen-bond donors (Lipinski definition) is 3. The second-order valence-electron chi connectivity index (χ2n) is 7.85. The van der Waals surface area contributed by atoms with Gasteiger partial charge in [0.1, 0.15) is 11.0 Å². The standard InChI is InChI=1S/C24H19Cl2N3O5S2/c1-36(33,34)20-12-35-22(21(20)26)24(32)28-18-8-6-14(15-4-2-3-5-16(15)18)11-27-29-23(31)13-7-9-19(30)17(25)10-13/h2-12,21-22,30H,1H3,(H,28,32)(H,29,31)/b27-11+. The molecule has 36 heavy (non-hydrogen) atoms. The smallest absolute Gasteiger partial charge is 0.271 e. The van der Waals surface area contributed by atoms with E-state index >= 15 is 0 Å². The summed E-state index contributed by atoms with van der Waals surface area (Å²) < 4.78 is 23.7. The summed E-state index contributed by atoms with van der Waals surface area (Å²) in [6.07, 6.45) is 2.53. The molecule has 2 atom stereocenters. The summed E-state index contributed by atoms with van der Waals surface area (Å²) in [6, 6.07) is 14.8. The van der Waals surface area contributed by atoms with Gasteiger partial charge in [-0.05, 0) is 35.1 Å². The third-order valence-corrected chi connectivity index (χ3v) is 8.97. The molecule has 3 aromatic carbocycles. The molecule has 1 aliphatic rings. The number of sulfone groups is 1. The van der Waals surface area contributed by atoms with Crippen molar-refractivity contribution in [2.75, 3.05) is 11.6 Å². The van der Waals surface area contributed by atoms with Gasteiger partial charge in [0.05, 0.1) is 21.5 Å². The number of amides is 2. The van der Waals surface area contributed by atoms with Crippen LogP contribution in [-0.2, 0) is 14.6 Å². The van der Waals surface area contributed by atoms with Gasteiger partial charge in [0.2, 0.25) is 5.91 Å². The number of allylic oxidation sites excluding steroid dienone is 1. The van der Waals surface area contributed by atoms with Crippen LogP contribution < -0.4 is 10.7 Å². The molecule has 0 spiro atoms. The minimum Gasteiger partial charge on any atom is -0.506 e. The monoisotopic (exact) mass is 563 g/mol. The second-order valence-corrected chi connectivity index (χ2v) is 11.8. The first-order chi connectivity index (χ1) is 17.1. The van der Waals surface area contributed by atoms with E-state index in [4.69, 9.17) is 23.2 Å². The average Bonchev–Trinajstić information content (AvgIpc) is 3.24. The van der Waals surface area contributed by atoms with Gasteiger partial charge in [-0.3, -0.25) is 9.59 Å². The van der Waals surface area contributed by atoms with Crippen LogP contribution in [0.5, 0.6) is 5.75 Å². The molecule has 1 heterocycles. The Balaban J connectivity index is 1.51. The van der Waals surface area contributed by atoms with Crippen molar-refractivity contribution in [2.24, 2.45) is 5.10 Å². The number of benzene rings is 3. The number of phenols is 1. The Morgan fingerprint density at radius 1 is 1.11 bits per heavy atom. The number of rotatable bonds is 6. The molecule has 0 aromatic heterocycles. The zero-order chi connectivity index (χ0) is 26.0. The highest BCUT2D eigenvalue weighted by atomic mass is 35.5. The molecule has 0 radical (unpaired) electrons. The lowest BCUT2D eigenvalue weighted by molar-refractivity contribution is -0.115. The molecule has 3 aromatic rings. The first kappa shape index (κ1) is 26.0. The Labute approximate surface area is 221 Å². The maximum Gasteiger partial charge on any atom is 0.271 e. The number of fused-ring (bicyclic) bond motifs is 1. The lowest BCUT2D eigenvalue weighted by Gasteiger charge is -2.16. The quantitative estimate of drug-likeness (QED) is 0.230. The number of carbonyl (C=O) groups is 2. The molecule has 1 aliphatic heterocycles. The molecule has 3 N–H and O–H groups in total. The Hall–Kier alpha value is -3.05. The molecule has 8 nitrogen and oxygen atoms in total. The summed E-state index contributed by atoms with van der Waals surface area (Å²) in [5, 5.41) is 17.5. The summed E-state index contributed by atoms with van der Waals surface area (Å²) in [5.74, 6) is -1.05. The van der Waals surface area contributed by atoms with Crippen LogP contribution >= 0.6 is 35.0 Å². The number of halogens is 2. The van der Waals surface area contributed by atoms with Crippen LogP contribution in [0.2, 0.25) is 5.02 Å². The van der Waals surface area contributed by atoms with Gasteiger partial charge in [0, 0.05) is 28.5 Å². The summed E-state index contributed by atoms with van der Waals surface area (Å²) in [5.41, 5.74) is 3.84. The van der Waals surface area contributed by atoms with E-state index in [1.807, 2.05) is 24.3 Å². The summed E-state index contributed by atoms with van der Waals surface area (Å²) in [6.45, 7) is 0. The van der Waals surface area contributed by atoms with Crippen molar-refractivity contribution in [3.63, 3.8) is 0 Å². The summed E-state index contributed by atoms with van der Waals surface area (Å²) in [4.78, 5) is 25.2. The van der Waals surface area contributed by atoms with Crippen molar-refractivity contribution in [1.82, 2.24) is 5.43 Å². The predicted molar refractivity (Wildman–Crippen MR) is 145 cm³/mol. The van der Waals surface area contributed by atoms with E-state index in [0.717, 1.165) is 28.8 Å². The van der Waals surface area contributed by atoms with E-state index in [0.29, 0.717) is 11.3 Å². The zero-order valence-corrected chi connectivity index (χ0v) is 21.8. The number of carbonyl (C=O) groups excluding carboxylic acids is 2. The number of phenolic OH excluding ortho intramolecular Hbond substituents is 1. The van der Waals surface area contributed by atoms with Gasteiger partial charge in [-0.15, -0.1) is 23.4 Å². The highest BCUT2D eigenvalue weighted by Crippen LogP contribution is 2.38. The van der Waals surface area contributed by atoms with Crippen molar-refractivity contribution in [2.45, 2.75) is 10.6 Å². The highest BCUT2D eigenvalue weighted by molar-refractivity contribution is 8.05. The molecule has 2 amide bonds. The van der Waals surface area contributed by atoms with E-state index in [1.54, 1.807) is 12.1 Å². The minimum absolute atomic E-state index is 0.0300. The Morgan fingerprint density at radius 2 is 1.83 bits per heavy atom. The topological polar surface area (TPSA) is 125 Å². The minimum atomic E-state index is -3.50. The molecule has 0 bridgehead atoms. The maximum atomic E-state index is 12.9. The fourth-order valence-electron chi connectivity index (χ4n) is 3.53. The van der Waals surface area contributed by atoms with Crippen molar-refractivity contribution in [1.29, 1.82) is 0 Å². The molecule has 186 valence electrons. The number of anilines is 1. The van der Waals surface area contributed by atoms with Crippen molar-refractivity contribution in [3.8, 4) is 5.75 Å². The largest absolute Gasteiger partial charge is 0.506 e. The van der Waals surface area contributed by atoms with Gasteiger partial charge in [-0.2, -0.15) is 5.10 Å². The Kier molecular flexibility index (Phi) is 7.60. The van der Waals surface area contributed by atoms with Gasteiger partial charge >= 0.3 is 0 Å². The Morgan fingerprint density at radius 3 is 2.50 bits per heavy atom. The van der Waals surface area contributed by atoms with Gasteiger partial charge in [-0.1, -0.05) is 41.9 Å². The third-order valence-electron chi connectivity index (χ3n) is 5.35. The van der Waals surface area contributed by atoms with E-state index in [1.165, 1.54) is 29.8 Å². The van der Waals surface area contributed by atoms with Crippen LogP contribution in [0.1, 0.15) is 15.9 Å². The maximum absolute atomic E-state index is 12.9. The first-order valence-corrected chi connectivity index (χ1v) is 14.1. The van der Waals surface area contributed by atoms with E-state index in [-0.39, 0.29) is 21.2 Å². The van der Waals surface area contributed by atoms with Gasteiger partial charge in [0.15, 0.2) is 9.84 Å². The first-order valence-electron chi connectivity index (χ1n) is 10.4. The SMILES string of the molecule is CS(=O)(=O)C1=CSC(C(=O)Nc2ccc(/C=N/NC(=O)c3ccc(O)c(Cl)c3)c3ccccc23)C1Cl. The highest BCUT2D eigenvalue weighted by Gasteiger charge is 2.38. The fourth-order valence-corrected chi connectivity index (χ4v) is 7.02. The number of nitrogens with zero attached hydrogens (tertiary/aromatic N) is 1. The Bertz CT molecular complexity index is 1540. The molecule has 0 saturated heterocycles. The molecule has 0 fully saturated rings. The van der Waals surface area contributed by atoms with Crippen LogP contribution in [0.15, 0.2) is 70.0 Å². The number of alkyl halides is 1. The number of hydrazone groups is 1. The van der Waals surface area contributed by atoms with Gasteiger partial charge in [-0.25, -0.2) is 13.8 Å². The molecule has 12 heteroatoms. The summed E-state index contributed by atoms with van der Waals surface area (Å²) in [7, 11) is -3.50. The van der Waals surface area contributed by atoms with Crippen molar-refractivity contribution in [3.05, 3.63) is 81.1 Å². The molecule has 0 saturated carbocycles. The number of thioether (sulfide) groups is 1. The fraction of sp³-hybridized carbons (Fsp3) is 0.125. The lowest BCUT2D eigenvalue weighted by atomic mass is 10.0. The molecule has 4 rings (SSSR count). The van der Waals surface area contributed by atoms with Crippen LogP contribution in [-0.4, -0.2) is 48.4 Å². The summed E-state index contributed by atoms with van der Waals surface area (Å²) >= 11 is 13.2. The van der Waals surface area contributed by atoms with Crippen LogP contribution in [0, 0.1) is 0 Å². The average molecular weight is 564 g/mol. The number of nitrogens with one attached hydrogen (secondary N) is 2. The number of aromatic hydroxyl groups is 1. The van der Waals surface area contributed by atoms with Gasteiger partial charge in [0.25, 0.3) is 5.91 Å². The molecule has 2 unspecified atom stereocenters. The van der Waals surface area contributed by atoms with Crippen molar-refractivity contribution >= 4 is 79.3 Å². The van der Waals surface area contributed by atoms with Crippen LogP contribution in [0.4, 0.5) is 5.69 Å². The van der Waals surface area contributed by atoms with E-state index in [9.17, 15) is 23.1 Å². The second kappa shape index (κ2) is 10.5. The predicted octanol–water partition coefficient (Wildman–Crippen LogP) is 4.51. The van der Waals surface area contributed by atoms with Crippen LogP contribution in [0.3, 0.4) is 0 Å².